The lowest BCUT2D eigenvalue weighted by Gasteiger charge is -2.17. The van der Waals surface area contributed by atoms with Crippen LogP contribution in [0.1, 0.15) is 59.2 Å². The van der Waals surface area contributed by atoms with Gasteiger partial charge in [0.2, 0.25) is 5.91 Å². The Morgan fingerprint density at radius 2 is 1.24 bits per heavy atom. The SMILES string of the molecule is CC(=O)c1ccc(NC(=O)C(Sc2ccc(NC(=O)c3ccc(C(=O)O)cc3C(=O)O)cc2)c2ccccc2)cc1. The van der Waals surface area contributed by atoms with E-state index >= 15 is 0 Å². The van der Waals surface area contributed by atoms with Crippen molar-refractivity contribution in [3.63, 3.8) is 0 Å². The fraction of sp³-hybridized carbons (Fsp3) is 0.0645. The number of benzene rings is 4. The molecule has 0 heterocycles. The van der Waals surface area contributed by atoms with Crippen LogP contribution in [-0.4, -0.2) is 39.7 Å². The first-order valence-electron chi connectivity index (χ1n) is 12.3. The van der Waals surface area contributed by atoms with Gasteiger partial charge in [-0.25, -0.2) is 9.59 Å². The maximum absolute atomic E-state index is 13.3. The number of ketones is 1. The molecule has 4 rings (SSSR count). The van der Waals surface area contributed by atoms with Gasteiger partial charge in [-0.2, -0.15) is 0 Å². The zero-order chi connectivity index (χ0) is 29.5. The fourth-order valence-electron chi connectivity index (χ4n) is 3.90. The van der Waals surface area contributed by atoms with E-state index in [1.807, 2.05) is 30.3 Å². The number of hydrogen-bond acceptors (Lipinski definition) is 6. The Bertz CT molecular complexity index is 1620. The highest BCUT2D eigenvalue weighted by molar-refractivity contribution is 8.00. The number of carboxylic acids is 2. The summed E-state index contributed by atoms with van der Waals surface area (Å²) in [4.78, 5) is 61.2. The zero-order valence-corrected chi connectivity index (χ0v) is 22.5. The van der Waals surface area contributed by atoms with Gasteiger partial charge in [0.25, 0.3) is 5.91 Å². The second kappa shape index (κ2) is 12.8. The number of amides is 2. The van der Waals surface area contributed by atoms with Gasteiger partial charge in [0.05, 0.1) is 16.7 Å². The van der Waals surface area contributed by atoms with Crippen LogP contribution in [0.15, 0.2) is 102 Å². The number of aromatic carboxylic acids is 2. The number of carbonyl (C=O) groups excluding carboxylic acids is 3. The quantitative estimate of drug-likeness (QED) is 0.134. The normalized spacial score (nSPS) is 11.2. The summed E-state index contributed by atoms with van der Waals surface area (Å²) in [7, 11) is 0. The summed E-state index contributed by atoms with van der Waals surface area (Å²) in [6.07, 6.45) is 0. The molecule has 0 aliphatic rings. The Morgan fingerprint density at radius 1 is 0.659 bits per heavy atom. The van der Waals surface area contributed by atoms with E-state index in [0.29, 0.717) is 16.9 Å². The Labute approximate surface area is 239 Å². The van der Waals surface area contributed by atoms with Crippen molar-refractivity contribution in [3.05, 3.63) is 125 Å². The molecule has 0 bridgehead atoms. The molecule has 0 aliphatic carbocycles. The second-order valence-electron chi connectivity index (χ2n) is 8.88. The largest absolute Gasteiger partial charge is 0.478 e. The third-order valence-corrected chi connectivity index (χ3v) is 7.27. The summed E-state index contributed by atoms with van der Waals surface area (Å²) in [5.74, 6) is -3.78. The molecule has 0 saturated carbocycles. The summed E-state index contributed by atoms with van der Waals surface area (Å²) in [5, 5.41) is 23.5. The van der Waals surface area contributed by atoms with Crippen molar-refractivity contribution in [1.29, 1.82) is 0 Å². The highest BCUT2D eigenvalue weighted by Gasteiger charge is 2.23. The summed E-state index contributed by atoms with van der Waals surface area (Å²) in [6, 6.07) is 25.8. The molecular formula is C31H24N2O7S. The van der Waals surface area contributed by atoms with Crippen LogP contribution < -0.4 is 10.6 Å². The number of rotatable bonds is 10. The average Bonchev–Trinajstić information content (AvgIpc) is 2.97. The van der Waals surface area contributed by atoms with Gasteiger partial charge in [0.1, 0.15) is 5.25 Å². The van der Waals surface area contributed by atoms with Gasteiger partial charge in [0, 0.05) is 21.8 Å². The minimum Gasteiger partial charge on any atom is -0.478 e. The molecule has 4 aromatic carbocycles. The van der Waals surface area contributed by atoms with Gasteiger partial charge in [-0.15, -0.1) is 11.8 Å². The van der Waals surface area contributed by atoms with Gasteiger partial charge in [-0.05, 0) is 79.2 Å². The van der Waals surface area contributed by atoms with E-state index in [2.05, 4.69) is 10.6 Å². The maximum atomic E-state index is 13.3. The lowest BCUT2D eigenvalue weighted by molar-refractivity contribution is -0.115. The predicted octanol–water partition coefficient (Wildman–Crippen LogP) is 6.01. The molecule has 0 radical (unpaired) electrons. The van der Waals surface area contributed by atoms with E-state index in [1.54, 1.807) is 48.5 Å². The fourth-order valence-corrected chi connectivity index (χ4v) is 4.92. The molecule has 9 nitrogen and oxygen atoms in total. The number of anilines is 2. The Morgan fingerprint density at radius 3 is 1.83 bits per heavy atom. The second-order valence-corrected chi connectivity index (χ2v) is 10.1. The molecule has 4 N–H and O–H groups in total. The predicted molar refractivity (Wildman–Crippen MR) is 155 cm³/mol. The van der Waals surface area contributed by atoms with Crippen LogP contribution in [0.4, 0.5) is 11.4 Å². The smallest absolute Gasteiger partial charge is 0.336 e. The Kier molecular flexibility index (Phi) is 8.95. The zero-order valence-electron chi connectivity index (χ0n) is 21.7. The molecule has 1 atom stereocenters. The number of thioether (sulfide) groups is 1. The van der Waals surface area contributed by atoms with Crippen molar-refractivity contribution < 1.29 is 34.2 Å². The average molecular weight is 569 g/mol. The molecule has 2 amide bonds. The van der Waals surface area contributed by atoms with Crippen LogP contribution in [0.3, 0.4) is 0 Å². The minimum absolute atomic E-state index is 0.0707. The van der Waals surface area contributed by atoms with Crippen molar-refractivity contribution >= 4 is 52.7 Å². The molecular weight excluding hydrogens is 544 g/mol. The minimum atomic E-state index is -1.43. The van der Waals surface area contributed by atoms with E-state index < -0.39 is 28.7 Å². The molecule has 10 heteroatoms. The molecule has 0 aromatic heterocycles. The van der Waals surface area contributed by atoms with E-state index in [-0.39, 0.29) is 22.8 Å². The molecule has 4 aromatic rings. The number of hydrogen-bond donors (Lipinski definition) is 4. The highest BCUT2D eigenvalue weighted by atomic mass is 32.2. The monoisotopic (exact) mass is 568 g/mol. The lowest BCUT2D eigenvalue weighted by atomic mass is 10.0. The topological polar surface area (TPSA) is 150 Å². The summed E-state index contributed by atoms with van der Waals surface area (Å²) in [6.45, 7) is 1.47. The molecule has 0 saturated heterocycles. The number of Topliss-reactive ketones (excluding diaryl/α,β-unsaturated/α-hetero) is 1. The Hall–Kier alpha value is -5.22. The van der Waals surface area contributed by atoms with Gasteiger partial charge in [-0.1, -0.05) is 30.3 Å². The molecule has 1 unspecified atom stereocenters. The summed E-state index contributed by atoms with van der Waals surface area (Å²) >= 11 is 1.30. The third kappa shape index (κ3) is 7.25. The van der Waals surface area contributed by atoms with Crippen molar-refractivity contribution in [1.82, 2.24) is 0 Å². The van der Waals surface area contributed by atoms with Crippen LogP contribution in [0.5, 0.6) is 0 Å². The van der Waals surface area contributed by atoms with Crippen LogP contribution in [0.25, 0.3) is 0 Å². The lowest BCUT2D eigenvalue weighted by Crippen LogP contribution is -2.19. The third-order valence-electron chi connectivity index (χ3n) is 6.01. The van der Waals surface area contributed by atoms with E-state index in [4.69, 9.17) is 5.11 Å². The van der Waals surface area contributed by atoms with E-state index in [9.17, 15) is 29.1 Å². The van der Waals surface area contributed by atoms with Crippen LogP contribution in [0, 0.1) is 0 Å². The standard InChI is InChI=1S/C31H24N2O7S/c1-18(34)19-7-10-22(11-8-19)33-29(36)27(20-5-3-2-4-6-20)41-24-14-12-23(13-15-24)32-28(35)25-16-9-21(30(37)38)17-26(25)31(39)40/h2-17,27H,1H3,(H,32,35)(H,33,36)(H,37,38)(H,39,40). The van der Waals surface area contributed by atoms with Crippen molar-refractivity contribution in [2.24, 2.45) is 0 Å². The molecule has 41 heavy (non-hydrogen) atoms. The molecule has 0 fully saturated rings. The number of carboxylic acid groups (broad SMARTS) is 2. The van der Waals surface area contributed by atoms with Crippen molar-refractivity contribution in [2.75, 3.05) is 10.6 Å². The Balaban J connectivity index is 1.50. The molecule has 206 valence electrons. The van der Waals surface area contributed by atoms with Gasteiger partial charge in [-0.3, -0.25) is 14.4 Å². The van der Waals surface area contributed by atoms with Gasteiger partial charge >= 0.3 is 11.9 Å². The van der Waals surface area contributed by atoms with Crippen molar-refractivity contribution in [3.8, 4) is 0 Å². The maximum Gasteiger partial charge on any atom is 0.336 e. The van der Waals surface area contributed by atoms with Crippen molar-refractivity contribution in [2.45, 2.75) is 17.1 Å². The summed E-state index contributed by atoms with van der Waals surface area (Å²) in [5.41, 5.74) is 1.39. The first-order valence-corrected chi connectivity index (χ1v) is 13.2. The molecule has 0 aliphatic heterocycles. The van der Waals surface area contributed by atoms with Gasteiger partial charge < -0.3 is 20.8 Å². The highest BCUT2D eigenvalue weighted by Crippen LogP contribution is 2.37. The van der Waals surface area contributed by atoms with Crippen LogP contribution in [0.2, 0.25) is 0 Å². The van der Waals surface area contributed by atoms with Crippen LogP contribution in [-0.2, 0) is 4.79 Å². The van der Waals surface area contributed by atoms with E-state index in [1.165, 1.54) is 18.7 Å². The molecule has 0 spiro atoms. The van der Waals surface area contributed by atoms with E-state index in [0.717, 1.165) is 28.7 Å². The first kappa shape index (κ1) is 28.8. The first-order chi connectivity index (χ1) is 19.6. The number of nitrogens with one attached hydrogen (secondary N) is 2. The summed E-state index contributed by atoms with van der Waals surface area (Å²) < 4.78 is 0. The number of carbonyl (C=O) groups is 5. The van der Waals surface area contributed by atoms with Gasteiger partial charge in [0.15, 0.2) is 5.78 Å². The van der Waals surface area contributed by atoms with Crippen LogP contribution >= 0.6 is 11.8 Å².